The number of ether oxygens (including phenoxy) is 1. The van der Waals surface area contributed by atoms with Gasteiger partial charge in [-0.2, -0.15) is 0 Å². The summed E-state index contributed by atoms with van der Waals surface area (Å²) in [6.07, 6.45) is 3.43. The van der Waals surface area contributed by atoms with Gasteiger partial charge in [0.25, 0.3) is 5.91 Å². The predicted molar refractivity (Wildman–Crippen MR) is 106 cm³/mol. The van der Waals surface area contributed by atoms with E-state index in [2.05, 4.69) is 4.72 Å². The molecule has 4 rings (SSSR count). The van der Waals surface area contributed by atoms with Gasteiger partial charge in [0.05, 0.1) is 7.11 Å². The average molecular weight is 418 g/mol. The molecule has 2 aromatic carbocycles. The third-order valence-corrected chi connectivity index (χ3v) is 6.66. The van der Waals surface area contributed by atoms with E-state index in [4.69, 9.17) is 4.74 Å². The van der Waals surface area contributed by atoms with Gasteiger partial charge < -0.3 is 9.64 Å². The van der Waals surface area contributed by atoms with E-state index in [0.717, 1.165) is 31.2 Å². The van der Waals surface area contributed by atoms with Crippen LogP contribution >= 0.6 is 0 Å². The summed E-state index contributed by atoms with van der Waals surface area (Å²) in [5, 5.41) is 0. The highest BCUT2D eigenvalue weighted by Crippen LogP contribution is 2.32. The molecular formula is C21H23FN2O4S. The second kappa shape index (κ2) is 7.76. The molecule has 0 atom stereocenters. The first-order valence-corrected chi connectivity index (χ1v) is 11.1. The molecule has 0 radical (unpaired) electrons. The Balaban J connectivity index is 1.62. The van der Waals surface area contributed by atoms with Crippen LogP contribution < -0.4 is 9.46 Å². The quantitative estimate of drug-likeness (QED) is 0.715. The van der Waals surface area contributed by atoms with Gasteiger partial charge in [0.1, 0.15) is 16.5 Å². The highest BCUT2D eigenvalue weighted by molar-refractivity contribution is 7.89. The number of halogens is 1. The maximum Gasteiger partial charge on any atom is 0.254 e. The Morgan fingerprint density at radius 3 is 2.41 bits per heavy atom. The number of methoxy groups -OCH3 is 1. The van der Waals surface area contributed by atoms with Crippen molar-refractivity contribution < 1.29 is 22.3 Å². The first-order valence-electron chi connectivity index (χ1n) is 9.63. The van der Waals surface area contributed by atoms with Crippen molar-refractivity contribution in [3.05, 3.63) is 59.4 Å². The molecule has 6 nitrogen and oxygen atoms in total. The third kappa shape index (κ3) is 4.59. The van der Waals surface area contributed by atoms with E-state index >= 15 is 0 Å². The summed E-state index contributed by atoms with van der Waals surface area (Å²) in [5.41, 5.74) is 1.11. The van der Waals surface area contributed by atoms with Crippen LogP contribution in [0.3, 0.4) is 0 Å². The van der Waals surface area contributed by atoms with Crippen molar-refractivity contribution in [3.8, 4) is 5.75 Å². The standard InChI is InChI=1S/C21H23FN2O4S/c1-28-19-11-4-15(12-20(19)29(26,27)23-17-7-8-17)21(25)24(18-9-10-18)13-14-2-5-16(22)6-3-14/h2-6,11-12,17-18,23H,7-10,13H2,1H3. The lowest BCUT2D eigenvalue weighted by atomic mass is 10.1. The average Bonchev–Trinajstić information content (AvgIpc) is 3.61. The van der Waals surface area contributed by atoms with E-state index in [1.165, 1.54) is 31.4 Å². The molecule has 2 aromatic rings. The van der Waals surface area contributed by atoms with Gasteiger partial charge >= 0.3 is 0 Å². The molecule has 2 saturated carbocycles. The van der Waals surface area contributed by atoms with Crippen molar-refractivity contribution in [2.45, 2.75) is 49.2 Å². The van der Waals surface area contributed by atoms with Gasteiger partial charge in [0.15, 0.2) is 0 Å². The molecule has 29 heavy (non-hydrogen) atoms. The highest BCUT2D eigenvalue weighted by atomic mass is 32.2. The number of nitrogens with zero attached hydrogens (tertiary/aromatic N) is 1. The van der Waals surface area contributed by atoms with E-state index in [0.29, 0.717) is 6.54 Å². The second-order valence-electron chi connectivity index (χ2n) is 7.55. The minimum Gasteiger partial charge on any atom is -0.495 e. The number of carbonyl (C=O) groups is 1. The fourth-order valence-corrected chi connectivity index (χ4v) is 4.71. The highest BCUT2D eigenvalue weighted by Gasteiger charge is 2.35. The zero-order valence-electron chi connectivity index (χ0n) is 16.1. The monoisotopic (exact) mass is 418 g/mol. The number of hydrogen-bond donors (Lipinski definition) is 1. The Hall–Kier alpha value is -2.45. The first-order chi connectivity index (χ1) is 13.9. The van der Waals surface area contributed by atoms with E-state index in [-0.39, 0.29) is 40.0 Å². The number of benzene rings is 2. The van der Waals surface area contributed by atoms with Crippen molar-refractivity contribution in [1.82, 2.24) is 9.62 Å². The largest absolute Gasteiger partial charge is 0.495 e. The summed E-state index contributed by atoms with van der Waals surface area (Å²) in [5.74, 6) is -0.375. The summed E-state index contributed by atoms with van der Waals surface area (Å²) in [7, 11) is -2.38. The number of rotatable bonds is 8. The van der Waals surface area contributed by atoms with Crippen molar-refractivity contribution in [1.29, 1.82) is 0 Å². The lowest BCUT2D eigenvalue weighted by Crippen LogP contribution is -2.33. The van der Waals surface area contributed by atoms with E-state index in [9.17, 15) is 17.6 Å². The molecule has 2 aliphatic rings. The van der Waals surface area contributed by atoms with Gasteiger partial charge in [-0.25, -0.2) is 17.5 Å². The lowest BCUT2D eigenvalue weighted by Gasteiger charge is -2.23. The molecule has 2 aliphatic carbocycles. The summed E-state index contributed by atoms with van der Waals surface area (Å²) in [6, 6.07) is 10.6. The third-order valence-electron chi connectivity index (χ3n) is 5.11. The number of amides is 1. The number of nitrogens with one attached hydrogen (secondary N) is 1. The second-order valence-corrected chi connectivity index (χ2v) is 9.23. The SMILES string of the molecule is COc1ccc(C(=O)N(Cc2ccc(F)cc2)C2CC2)cc1S(=O)(=O)NC1CC1. The number of carbonyl (C=O) groups excluding carboxylic acids is 1. The normalized spacial score (nSPS) is 16.5. The molecule has 0 spiro atoms. The molecule has 8 heteroatoms. The van der Waals surface area contributed by atoms with E-state index in [1.54, 1.807) is 23.1 Å². The molecule has 0 saturated heterocycles. The molecule has 0 aliphatic heterocycles. The van der Waals surface area contributed by atoms with Gasteiger partial charge in [0, 0.05) is 24.2 Å². The van der Waals surface area contributed by atoms with Crippen molar-refractivity contribution >= 4 is 15.9 Å². The summed E-state index contributed by atoms with van der Waals surface area (Å²) in [4.78, 5) is 14.9. The Morgan fingerprint density at radius 1 is 1.14 bits per heavy atom. The molecule has 0 aromatic heterocycles. The Kier molecular flexibility index (Phi) is 5.31. The fraction of sp³-hybridized carbons (Fsp3) is 0.381. The van der Waals surface area contributed by atoms with E-state index in [1.807, 2.05) is 0 Å². The molecule has 154 valence electrons. The van der Waals surface area contributed by atoms with Gasteiger partial charge in [-0.15, -0.1) is 0 Å². The molecule has 1 N–H and O–H groups in total. The number of hydrogen-bond acceptors (Lipinski definition) is 4. The van der Waals surface area contributed by atoms with E-state index < -0.39 is 10.0 Å². The molecule has 1 amide bonds. The van der Waals surface area contributed by atoms with Gasteiger partial charge in [-0.1, -0.05) is 12.1 Å². The van der Waals surface area contributed by atoms with Gasteiger partial charge in [0.2, 0.25) is 10.0 Å². The van der Waals surface area contributed by atoms with Crippen LogP contribution in [0.1, 0.15) is 41.6 Å². The zero-order valence-corrected chi connectivity index (χ0v) is 16.9. The van der Waals surface area contributed by atoms with Crippen LogP contribution in [-0.2, 0) is 16.6 Å². The van der Waals surface area contributed by atoms with Crippen LogP contribution in [0, 0.1) is 5.82 Å². The van der Waals surface area contributed by atoms with Gasteiger partial charge in [-0.3, -0.25) is 4.79 Å². The van der Waals surface area contributed by atoms with Crippen molar-refractivity contribution in [3.63, 3.8) is 0 Å². The zero-order chi connectivity index (χ0) is 20.6. The van der Waals surface area contributed by atoms with Crippen molar-refractivity contribution in [2.75, 3.05) is 7.11 Å². The maximum atomic E-state index is 13.2. The number of sulfonamides is 1. The first kappa shape index (κ1) is 19.8. The summed E-state index contributed by atoms with van der Waals surface area (Å²) >= 11 is 0. The Morgan fingerprint density at radius 2 is 1.83 bits per heavy atom. The summed E-state index contributed by atoms with van der Waals surface area (Å²) < 4.78 is 46.5. The molecule has 0 bridgehead atoms. The predicted octanol–water partition coefficient (Wildman–Crippen LogP) is 3.08. The smallest absolute Gasteiger partial charge is 0.254 e. The van der Waals surface area contributed by atoms with Gasteiger partial charge in [-0.05, 0) is 61.6 Å². The summed E-state index contributed by atoms with van der Waals surface area (Å²) in [6.45, 7) is 0.345. The topological polar surface area (TPSA) is 75.7 Å². The lowest BCUT2D eigenvalue weighted by molar-refractivity contribution is 0.0729. The molecule has 0 unspecified atom stereocenters. The van der Waals surface area contributed by atoms with Crippen LogP contribution in [0.2, 0.25) is 0 Å². The van der Waals surface area contributed by atoms with Crippen LogP contribution in [0.5, 0.6) is 5.75 Å². The molecule has 0 heterocycles. The van der Waals surface area contributed by atoms with Crippen LogP contribution in [0.25, 0.3) is 0 Å². The van der Waals surface area contributed by atoms with Crippen molar-refractivity contribution in [2.24, 2.45) is 0 Å². The minimum absolute atomic E-state index is 0.0321. The van der Waals surface area contributed by atoms with Crippen LogP contribution in [0.4, 0.5) is 4.39 Å². The molecular weight excluding hydrogens is 395 g/mol. The maximum absolute atomic E-state index is 13.2. The van der Waals surface area contributed by atoms with Crippen LogP contribution in [0.15, 0.2) is 47.4 Å². The van der Waals surface area contributed by atoms with Crippen LogP contribution in [-0.4, -0.2) is 38.4 Å². The Bertz CT molecular complexity index is 1020. The Labute approximate surface area is 169 Å². The molecule has 2 fully saturated rings. The minimum atomic E-state index is -3.78. The fourth-order valence-electron chi connectivity index (χ4n) is 3.21.